The Morgan fingerprint density at radius 2 is 1.78 bits per heavy atom. The van der Waals surface area contributed by atoms with Crippen LogP contribution in [0.4, 0.5) is 5.95 Å². The molecule has 0 aliphatic rings. The van der Waals surface area contributed by atoms with Crippen molar-refractivity contribution in [2.45, 2.75) is 19.8 Å². The van der Waals surface area contributed by atoms with Crippen LogP contribution < -0.4 is 10.5 Å². The summed E-state index contributed by atoms with van der Waals surface area (Å²) in [5, 5.41) is 0. The third kappa shape index (κ3) is 2.59. The molecule has 2 rings (SSSR count). The lowest BCUT2D eigenvalue weighted by Crippen LogP contribution is -2.02. The van der Waals surface area contributed by atoms with E-state index in [1.165, 1.54) is 0 Å². The maximum Gasteiger partial charge on any atom is 0.220 e. The van der Waals surface area contributed by atoms with E-state index in [0.717, 1.165) is 22.7 Å². The zero-order chi connectivity index (χ0) is 13.1. The first-order chi connectivity index (χ1) is 8.60. The van der Waals surface area contributed by atoms with Crippen molar-refractivity contribution in [2.24, 2.45) is 0 Å². The number of ether oxygens (including phenoxy) is 1. The third-order valence-electron chi connectivity index (χ3n) is 2.74. The highest BCUT2D eigenvalue weighted by molar-refractivity contribution is 5.61. The van der Waals surface area contributed by atoms with Crippen molar-refractivity contribution in [2.75, 3.05) is 12.8 Å². The van der Waals surface area contributed by atoms with Crippen LogP contribution in [0.1, 0.15) is 25.5 Å². The number of hydrogen-bond donors (Lipinski definition) is 1. The Balaban J connectivity index is 2.42. The lowest BCUT2D eigenvalue weighted by molar-refractivity contribution is 0.415. The topological polar surface area (TPSA) is 61.0 Å². The number of anilines is 1. The Bertz CT molecular complexity index is 535. The SMILES string of the molecule is COc1ccc(-c2cc(C(C)C)nc(N)n2)cc1. The van der Waals surface area contributed by atoms with Crippen LogP contribution in [0.25, 0.3) is 11.3 Å². The van der Waals surface area contributed by atoms with Gasteiger partial charge in [-0.3, -0.25) is 0 Å². The van der Waals surface area contributed by atoms with Crippen LogP contribution in [0.2, 0.25) is 0 Å². The van der Waals surface area contributed by atoms with E-state index in [4.69, 9.17) is 10.5 Å². The van der Waals surface area contributed by atoms with Gasteiger partial charge < -0.3 is 10.5 Å². The monoisotopic (exact) mass is 243 g/mol. The molecule has 18 heavy (non-hydrogen) atoms. The molecule has 0 spiro atoms. The van der Waals surface area contributed by atoms with Crippen molar-refractivity contribution >= 4 is 5.95 Å². The number of nitrogens with two attached hydrogens (primary N) is 1. The molecule has 0 bridgehead atoms. The van der Waals surface area contributed by atoms with E-state index in [0.29, 0.717) is 11.9 Å². The molecular weight excluding hydrogens is 226 g/mol. The second-order valence-electron chi connectivity index (χ2n) is 4.42. The maximum absolute atomic E-state index is 5.74. The van der Waals surface area contributed by atoms with Gasteiger partial charge >= 0.3 is 0 Å². The quantitative estimate of drug-likeness (QED) is 0.900. The van der Waals surface area contributed by atoms with Crippen LogP contribution in [0.3, 0.4) is 0 Å². The Labute approximate surface area is 107 Å². The summed E-state index contributed by atoms with van der Waals surface area (Å²) >= 11 is 0. The molecular formula is C14H17N3O. The molecule has 94 valence electrons. The molecule has 0 radical (unpaired) electrons. The molecule has 0 unspecified atom stereocenters. The number of nitrogen functional groups attached to an aromatic ring is 1. The first-order valence-electron chi connectivity index (χ1n) is 5.89. The lowest BCUT2D eigenvalue weighted by atomic mass is 10.1. The highest BCUT2D eigenvalue weighted by Crippen LogP contribution is 2.23. The summed E-state index contributed by atoms with van der Waals surface area (Å²) in [5.74, 6) is 1.46. The van der Waals surface area contributed by atoms with Crippen molar-refractivity contribution in [1.82, 2.24) is 9.97 Å². The minimum atomic E-state index is 0.312. The maximum atomic E-state index is 5.74. The molecule has 0 fully saturated rings. The fourth-order valence-corrected chi connectivity index (χ4v) is 1.69. The minimum absolute atomic E-state index is 0.312. The van der Waals surface area contributed by atoms with Gasteiger partial charge in [-0.05, 0) is 36.2 Å². The smallest absolute Gasteiger partial charge is 0.220 e. The molecule has 0 saturated heterocycles. The summed E-state index contributed by atoms with van der Waals surface area (Å²) in [6.45, 7) is 4.17. The number of benzene rings is 1. The average Bonchev–Trinajstić information content (AvgIpc) is 2.38. The Morgan fingerprint density at radius 3 is 2.33 bits per heavy atom. The number of aromatic nitrogens is 2. The van der Waals surface area contributed by atoms with Gasteiger partial charge in [-0.15, -0.1) is 0 Å². The molecule has 2 aromatic rings. The standard InChI is InChI=1S/C14H17N3O/c1-9(2)12-8-13(17-14(15)16-12)10-4-6-11(18-3)7-5-10/h4-9H,1-3H3,(H2,15,16,17). The number of methoxy groups -OCH3 is 1. The zero-order valence-corrected chi connectivity index (χ0v) is 10.8. The average molecular weight is 243 g/mol. The minimum Gasteiger partial charge on any atom is -0.497 e. The van der Waals surface area contributed by atoms with E-state index in [1.807, 2.05) is 30.3 Å². The Hall–Kier alpha value is -2.10. The number of hydrogen-bond acceptors (Lipinski definition) is 4. The third-order valence-corrected chi connectivity index (χ3v) is 2.74. The Kier molecular flexibility index (Phi) is 3.46. The largest absolute Gasteiger partial charge is 0.497 e. The molecule has 0 aliphatic heterocycles. The van der Waals surface area contributed by atoms with Crippen molar-refractivity contribution in [3.63, 3.8) is 0 Å². The predicted molar refractivity (Wildman–Crippen MR) is 72.5 cm³/mol. The molecule has 4 nitrogen and oxygen atoms in total. The molecule has 1 heterocycles. The molecule has 0 aliphatic carbocycles. The molecule has 1 aromatic carbocycles. The lowest BCUT2D eigenvalue weighted by Gasteiger charge is -2.08. The van der Waals surface area contributed by atoms with E-state index in [9.17, 15) is 0 Å². The molecule has 0 amide bonds. The summed E-state index contributed by atoms with van der Waals surface area (Å²) in [7, 11) is 1.65. The molecule has 4 heteroatoms. The van der Waals surface area contributed by atoms with Crippen molar-refractivity contribution in [1.29, 1.82) is 0 Å². The van der Waals surface area contributed by atoms with Gasteiger partial charge in [0.25, 0.3) is 0 Å². The van der Waals surface area contributed by atoms with Gasteiger partial charge in [0.15, 0.2) is 0 Å². The fraction of sp³-hybridized carbons (Fsp3) is 0.286. The highest BCUT2D eigenvalue weighted by Gasteiger charge is 2.07. The van der Waals surface area contributed by atoms with Gasteiger partial charge in [-0.25, -0.2) is 9.97 Å². The number of rotatable bonds is 3. The highest BCUT2D eigenvalue weighted by atomic mass is 16.5. The molecule has 0 saturated carbocycles. The van der Waals surface area contributed by atoms with Crippen molar-refractivity contribution in [3.05, 3.63) is 36.0 Å². The van der Waals surface area contributed by atoms with Crippen LogP contribution in [0, 0.1) is 0 Å². The van der Waals surface area contributed by atoms with Crippen LogP contribution in [-0.2, 0) is 0 Å². The van der Waals surface area contributed by atoms with E-state index in [-0.39, 0.29) is 0 Å². The van der Waals surface area contributed by atoms with E-state index in [2.05, 4.69) is 23.8 Å². The predicted octanol–water partition coefficient (Wildman–Crippen LogP) is 2.86. The van der Waals surface area contributed by atoms with Gasteiger partial charge in [0, 0.05) is 11.3 Å². The van der Waals surface area contributed by atoms with Crippen molar-refractivity contribution in [3.8, 4) is 17.0 Å². The van der Waals surface area contributed by atoms with Gasteiger partial charge in [-0.1, -0.05) is 13.8 Å². The van der Waals surface area contributed by atoms with Gasteiger partial charge in [0.2, 0.25) is 5.95 Å². The van der Waals surface area contributed by atoms with Crippen LogP contribution in [-0.4, -0.2) is 17.1 Å². The molecule has 1 aromatic heterocycles. The van der Waals surface area contributed by atoms with Crippen molar-refractivity contribution < 1.29 is 4.74 Å². The second-order valence-corrected chi connectivity index (χ2v) is 4.42. The van der Waals surface area contributed by atoms with Crippen LogP contribution in [0.15, 0.2) is 30.3 Å². The summed E-state index contributed by atoms with van der Waals surface area (Å²) in [6, 6.07) is 9.71. The summed E-state index contributed by atoms with van der Waals surface area (Å²) in [6.07, 6.45) is 0. The van der Waals surface area contributed by atoms with Gasteiger partial charge in [0.05, 0.1) is 12.8 Å². The molecule has 0 atom stereocenters. The summed E-state index contributed by atoms with van der Waals surface area (Å²) < 4.78 is 5.13. The zero-order valence-electron chi connectivity index (χ0n) is 10.8. The first kappa shape index (κ1) is 12.4. The van der Waals surface area contributed by atoms with Crippen LogP contribution >= 0.6 is 0 Å². The fourth-order valence-electron chi connectivity index (χ4n) is 1.69. The number of nitrogens with zero attached hydrogens (tertiary/aromatic N) is 2. The normalized spacial score (nSPS) is 10.7. The van der Waals surface area contributed by atoms with Crippen LogP contribution in [0.5, 0.6) is 5.75 Å². The van der Waals surface area contributed by atoms with Gasteiger partial charge in [0.1, 0.15) is 5.75 Å². The van der Waals surface area contributed by atoms with E-state index < -0.39 is 0 Å². The first-order valence-corrected chi connectivity index (χ1v) is 5.89. The summed E-state index contributed by atoms with van der Waals surface area (Å²) in [4.78, 5) is 8.50. The second kappa shape index (κ2) is 5.04. The van der Waals surface area contributed by atoms with E-state index in [1.54, 1.807) is 7.11 Å². The van der Waals surface area contributed by atoms with Gasteiger partial charge in [-0.2, -0.15) is 0 Å². The van der Waals surface area contributed by atoms with E-state index >= 15 is 0 Å². The molecule has 2 N–H and O–H groups in total. The Morgan fingerprint density at radius 1 is 1.11 bits per heavy atom. The summed E-state index contributed by atoms with van der Waals surface area (Å²) in [5.41, 5.74) is 8.54.